The van der Waals surface area contributed by atoms with Gasteiger partial charge < -0.3 is 14.2 Å². The minimum absolute atomic E-state index is 0.0860. The van der Waals surface area contributed by atoms with Crippen LogP contribution in [-0.4, -0.2) is 19.2 Å². The normalized spacial score (nSPS) is 11.8. The average Bonchev–Trinajstić information content (AvgIpc) is 3.02. The van der Waals surface area contributed by atoms with E-state index in [0.717, 1.165) is 36.3 Å². The molecule has 0 saturated carbocycles. The van der Waals surface area contributed by atoms with Crippen LogP contribution in [0.3, 0.4) is 0 Å². The van der Waals surface area contributed by atoms with Gasteiger partial charge in [0.2, 0.25) is 0 Å². The maximum atomic E-state index is 12.7. The second kappa shape index (κ2) is 19.9. The third-order valence-corrected chi connectivity index (χ3v) is 7.75. The number of ether oxygens (including phenoxy) is 3. The van der Waals surface area contributed by atoms with Crippen molar-refractivity contribution in [2.75, 3.05) is 13.2 Å². The fourth-order valence-corrected chi connectivity index (χ4v) is 5.00. The van der Waals surface area contributed by atoms with Crippen LogP contribution < -0.4 is 9.47 Å². The SMILES string of the molecule is CCCCCCCCCCCCOc1ccc(C(=O)Oc2ccc(-c3ccc(C(C)OCCCCC)cc3)cc2)cc1. The van der Waals surface area contributed by atoms with Gasteiger partial charge >= 0.3 is 5.97 Å². The highest BCUT2D eigenvalue weighted by atomic mass is 16.5. The minimum Gasteiger partial charge on any atom is -0.494 e. The number of benzene rings is 3. The number of hydrogen-bond donors (Lipinski definition) is 0. The van der Waals surface area contributed by atoms with Gasteiger partial charge in [-0.15, -0.1) is 0 Å². The summed E-state index contributed by atoms with van der Waals surface area (Å²) >= 11 is 0. The molecule has 0 N–H and O–H groups in total. The van der Waals surface area contributed by atoms with E-state index in [4.69, 9.17) is 14.2 Å². The molecular weight excluding hydrogens is 520 g/mol. The van der Waals surface area contributed by atoms with Gasteiger partial charge in [-0.05, 0) is 72.9 Å². The second-order valence-electron chi connectivity index (χ2n) is 11.3. The molecule has 0 aromatic heterocycles. The fraction of sp³-hybridized carbons (Fsp3) is 0.500. The zero-order valence-corrected chi connectivity index (χ0v) is 26.2. The summed E-state index contributed by atoms with van der Waals surface area (Å²) in [5.74, 6) is 0.937. The quantitative estimate of drug-likeness (QED) is 0.0723. The van der Waals surface area contributed by atoms with Gasteiger partial charge in [0.1, 0.15) is 11.5 Å². The molecule has 4 nitrogen and oxygen atoms in total. The summed E-state index contributed by atoms with van der Waals surface area (Å²) in [5.41, 5.74) is 3.87. The van der Waals surface area contributed by atoms with Crippen LogP contribution in [-0.2, 0) is 4.74 Å². The average molecular weight is 573 g/mol. The number of esters is 1. The molecule has 1 unspecified atom stereocenters. The highest BCUT2D eigenvalue weighted by molar-refractivity contribution is 5.91. The van der Waals surface area contributed by atoms with Crippen LogP contribution >= 0.6 is 0 Å². The lowest BCUT2D eigenvalue weighted by Crippen LogP contribution is -2.08. The first-order valence-corrected chi connectivity index (χ1v) is 16.4. The molecule has 3 aromatic rings. The van der Waals surface area contributed by atoms with Gasteiger partial charge in [-0.1, -0.05) is 121 Å². The van der Waals surface area contributed by atoms with Crippen molar-refractivity contribution < 1.29 is 19.0 Å². The Morgan fingerprint density at radius 3 is 1.64 bits per heavy atom. The van der Waals surface area contributed by atoms with Crippen LogP contribution in [0.2, 0.25) is 0 Å². The van der Waals surface area contributed by atoms with E-state index in [2.05, 4.69) is 45.0 Å². The van der Waals surface area contributed by atoms with E-state index >= 15 is 0 Å². The molecule has 42 heavy (non-hydrogen) atoms. The monoisotopic (exact) mass is 572 g/mol. The van der Waals surface area contributed by atoms with E-state index in [1.807, 2.05) is 36.4 Å². The molecule has 228 valence electrons. The zero-order valence-electron chi connectivity index (χ0n) is 26.2. The van der Waals surface area contributed by atoms with Crippen LogP contribution in [0, 0.1) is 0 Å². The van der Waals surface area contributed by atoms with Crippen LogP contribution in [0.1, 0.15) is 126 Å². The predicted octanol–water partition coefficient (Wildman–Crippen LogP) is 11.1. The molecule has 0 aliphatic heterocycles. The maximum absolute atomic E-state index is 12.7. The first kappa shape index (κ1) is 33.4. The number of unbranched alkanes of at least 4 members (excludes halogenated alkanes) is 11. The van der Waals surface area contributed by atoms with Crippen LogP contribution in [0.5, 0.6) is 11.5 Å². The van der Waals surface area contributed by atoms with Crippen LogP contribution in [0.4, 0.5) is 0 Å². The lowest BCUT2D eigenvalue weighted by atomic mass is 10.0. The van der Waals surface area contributed by atoms with Crippen molar-refractivity contribution in [1.29, 1.82) is 0 Å². The lowest BCUT2D eigenvalue weighted by molar-refractivity contribution is 0.0630. The van der Waals surface area contributed by atoms with E-state index < -0.39 is 0 Å². The Hall–Kier alpha value is -3.11. The summed E-state index contributed by atoms with van der Waals surface area (Å²) < 4.78 is 17.4. The van der Waals surface area contributed by atoms with Gasteiger partial charge in [-0.2, -0.15) is 0 Å². The smallest absolute Gasteiger partial charge is 0.343 e. The predicted molar refractivity (Wildman–Crippen MR) is 175 cm³/mol. The van der Waals surface area contributed by atoms with Gasteiger partial charge in [0.15, 0.2) is 0 Å². The highest BCUT2D eigenvalue weighted by Crippen LogP contribution is 2.26. The third kappa shape index (κ3) is 12.4. The Morgan fingerprint density at radius 1 is 0.571 bits per heavy atom. The zero-order chi connectivity index (χ0) is 29.8. The molecule has 0 spiro atoms. The van der Waals surface area contributed by atoms with Crippen molar-refractivity contribution in [1.82, 2.24) is 0 Å². The van der Waals surface area contributed by atoms with Gasteiger partial charge in [-0.25, -0.2) is 4.79 Å². The van der Waals surface area contributed by atoms with E-state index in [0.29, 0.717) is 17.9 Å². The molecule has 1 atom stereocenters. The van der Waals surface area contributed by atoms with Gasteiger partial charge in [-0.3, -0.25) is 0 Å². The Balaban J connectivity index is 1.36. The van der Waals surface area contributed by atoms with E-state index in [9.17, 15) is 4.79 Å². The molecule has 0 radical (unpaired) electrons. The van der Waals surface area contributed by atoms with Gasteiger partial charge in [0, 0.05) is 6.61 Å². The Bertz CT molecular complexity index is 1120. The van der Waals surface area contributed by atoms with Crippen molar-refractivity contribution in [2.45, 2.75) is 110 Å². The Morgan fingerprint density at radius 2 is 1.05 bits per heavy atom. The number of hydrogen-bond acceptors (Lipinski definition) is 4. The molecule has 4 heteroatoms. The molecule has 0 heterocycles. The molecule has 0 saturated heterocycles. The molecule has 0 amide bonds. The fourth-order valence-electron chi connectivity index (χ4n) is 5.00. The number of carbonyl (C=O) groups is 1. The summed E-state index contributed by atoms with van der Waals surface area (Å²) in [7, 11) is 0. The molecule has 0 bridgehead atoms. The van der Waals surface area contributed by atoms with Gasteiger partial charge in [0.05, 0.1) is 18.3 Å². The summed E-state index contributed by atoms with van der Waals surface area (Å²) in [4.78, 5) is 12.7. The third-order valence-electron chi connectivity index (χ3n) is 7.75. The van der Waals surface area contributed by atoms with Crippen molar-refractivity contribution in [2.24, 2.45) is 0 Å². The standard InChI is InChI=1S/C38H52O4/c1-4-6-8-9-10-11-12-13-14-16-30-41-36-25-23-35(24-26-36)38(39)42-37-27-21-34(22-28-37)33-19-17-32(18-20-33)31(3)40-29-15-7-5-2/h17-28,31H,4-16,29-30H2,1-3H3. The molecular formula is C38H52O4. The van der Waals surface area contributed by atoms with Crippen LogP contribution in [0.15, 0.2) is 72.8 Å². The minimum atomic E-state index is -0.374. The Labute approximate surface area is 254 Å². The lowest BCUT2D eigenvalue weighted by Gasteiger charge is -2.14. The van der Waals surface area contributed by atoms with E-state index in [1.54, 1.807) is 12.1 Å². The number of rotatable bonds is 21. The molecule has 0 aliphatic rings. The van der Waals surface area contributed by atoms with E-state index in [-0.39, 0.29) is 12.1 Å². The summed E-state index contributed by atoms with van der Waals surface area (Å²) in [6.45, 7) is 8.08. The van der Waals surface area contributed by atoms with Crippen molar-refractivity contribution >= 4 is 5.97 Å². The van der Waals surface area contributed by atoms with Crippen molar-refractivity contribution in [3.05, 3.63) is 83.9 Å². The topological polar surface area (TPSA) is 44.8 Å². The molecule has 0 aliphatic carbocycles. The van der Waals surface area contributed by atoms with Gasteiger partial charge in [0.25, 0.3) is 0 Å². The maximum Gasteiger partial charge on any atom is 0.343 e. The molecule has 3 aromatic carbocycles. The summed E-state index contributed by atoms with van der Waals surface area (Å²) in [5, 5.41) is 0. The van der Waals surface area contributed by atoms with E-state index in [1.165, 1.54) is 76.2 Å². The Kier molecular flexibility index (Phi) is 15.8. The summed E-state index contributed by atoms with van der Waals surface area (Å²) in [6, 6.07) is 23.3. The van der Waals surface area contributed by atoms with Crippen LogP contribution in [0.25, 0.3) is 11.1 Å². The number of carbonyl (C=O) groups excluding carboxylic acids is 1. The van der Waals surface area contributed by atoms with Crippen molar-refractivity contribution in [3.63, 3.8) is 0 Å². The highest BCUT2D eigenvalue weighted by Gasteiger charge is 2.10. The second-order valence-corrected chi connectivity index (χ2v) is 11.3. The first-order valence-electron chi connectivity index (χ1n) is 16.4. The largest absolute Gasteiger partial charge is 0.494 e. The van der Waals surface area contributed by atoms with Crippen molar-refractivity contribution in [3.8, 4) is 22.6 Å². The summed E-state index contributed by atoms with van der Waals surface area (Å²) in [6.07, 6.45) is 16.7. The first-order chi connectivity index (χ1) is 20.6. The molecule has 0 fully saturated rings. The molecule has 3 rings (SSSR count).